The number of carbonyl (C=O) groups excluding carboxylic acids is 2. The normalized spacial score (nSPS) is 21.2. The predicted molar refractivity (Wildman–Crippen MR) is 74.7 cm³/mol. The molecule has 0 aliphatic carbocycles. The first-order chi connectivity index (χ1) is 9.81. The van der Waals surface area contributed by atoms with Crippen molar-refractivity contribution in [3.63, 3.8) is 0 Å². The molecule has 8 heteroatoms. The van der Waals surface area contributed by atoms with Crippen LogP contribution >= 0.6 is 0 Å². The van der Waals surface area contributed by atoms with Gasteiger partial charge in [-0.05, 0) is 13.8 Å². The van der Waals surface area contributed by atoms with Crippen LogP contribution < -0.4 is 0 Å². The van der Waals surface area contributed by atoms with Crippen molar-refractivity contribution in [2.24, 2.45) is 0 Å². The molecule has 0 aromatic rings. The van der Waals surface area contributed by atoms with Gasteiger partial charge in [-0.15, -0.1) is 0 Å². The fourth-order valence-electron chi connectivity index (χ4n) is 2.43. The summed E-state index contributed by atoms with van der Waals surface area (Å²) in [4.78, 5) is 39.2. The van der Waals surface area contributed by atoms with Gasteiger partial charge in [0.25, 0.3) is 0 Å². The first kappa shape index (κ1) is 17.2. The molecule has 1 heterocycles. The van der Waals surface area contributed by atoms with Crippen molar-refractivity contribution >= 4 is 17.9 Å². The zero-order valence-corrected chi connectivity index (χ0v) is 12.7. The molecule has 0 spiro atoms. The molecule has 0 bridgehead atoms. The van der Waals surface area contributed by atoms with Gasteiger partial charge in [-0.25, -0.2) is 9.59 Å². The summed E-state index contributed by atoms with van der Waals surface area (Å²) in [5.74, 6) is -1.34. The number of carboxylic acid groups (broad SMARTS) is 1. The van der Waals surface area contributed by atoms with Crippen molar-refractivity contribution in [3.8, 4) is 0 Å². The highest BCUT2D eigenvalue weighted by Gasteiger charge is 2.40. The number of urea groups is 1. The quantitative estimate of drug-likeness (QED) is 0.708. The lowest BCUT2D eigenvalue weighted by atomic mass is 10.2. The average Bonchev–Trinajstić information content (AvgIpc) is 2.81. The lowest BCUT2D eigenvalue weighted by Crippen LogP contribution is -2.49. The Balaban J connectivity index is 2.69. The fraction of sp³-hybridized carbons (Fsp3) is 0.769. The Morgan fingerprint density at radius 3 is 2.29 bits per heavy atom. The third-order valence-electron chi connectivity index (χ3n) is 3.62. The minimum atomic E-state index is -1.15. The minimum Gasteiger partial charge on any atom is -0.480 e. The number of carbonyl (C=O) groups is 3. The molecule has 1 fully saturated rings. The molecule has 0 aromatic carbocycles. The Labute approximate surface area is 123 Å². The lowest BCUT2D eigenvalue weighted by molar-refractivity contribution is -0.141. The highest BCUT2D eigenvalue weighted by Crippen LogP contribution is 2.19. The number of rotatable bonds is 5. The maximum absolute atomic E-state index is 12.2. The topological polar surface area (TPSA) is 101 Å². The molecule has 120 valence electrons. The van der Waals surface area contributed by atoms with Crippen molar-refractivity contribution < 1.29 is 24.6 Å². The largest absolute Gasteiger partial charge is 0.480 e. The van der Waals surface area contributed by atoms with E-state index in [9.17, 15) is 19.5 Å². The number of amides is 3. The van der Waals surface area contributed by atoms with Crippen LogP contribution in [0.15, 0.2) is 0 Å². The summed E-state index contributed by atoms with van der Waals surface area (Å²) in [6.07, 6.45) is -0.833. The van der Waals surface area contributed by atoms with E-state index >= 15 is 0 Å². The van der Waals surface area contributed by atoms with Crippen LogP contribution in [0.4, 0.5) is 4.79 Å². The van der Waals surface area contributed by atoms with E-state index in [1.807, 2.05) is 13.8 Å². The van der Waals surface area contributed by atoms with E-state index in [2.05, 4.69) is 0 Å². The second kappa shape index (κ2) is 7.26. The number of aliphatic hydroxyl groups is 1. The molecule has 0 saturated carbocycles. The Morgan fingerprint density at radius 1 is 1.24 bits per heavy atom. The molecule has 8 nitrogen and oxygen atoms in total. The van der Waals surface area contributed by atoms with Gasteiger partial charge < -0.3 is 24.9 Å². The molecule has 1 saturated heterocycles. The van der Waals surface area contributed by atoms with Crippen molar-refractivity contribution in [3.05, 3.63) is 0 Å². The van der Waals surface area contributed by atoms with Gasteiger partial charge in [-0.2, -0.15) is 0 Å². The van der Waals surface area contributed by atoms with Gasteiger partial charge in [0.05, 0.1) is 6.10 Å². The molecular weight excluding hydrogens is 278 g/mol. The van der Waals surface area contributed by atoms with Gasteiger partial charge in [0.15, 0.2) is 0 Å². The minimum absolute atomic E-state index is 0.0128. The van der Waals surface area contributed by atoms with Crippen molar-refractivity contribution in [1.82, 2.24) is 14.7 Å². The molecule has 3 amide bonds. The number of β-amino-alcohol motifs (C(OH)–C–C–N with tert-alkyl or cyclic N) is 1. The van der Waals surface area contributed by atoms with Crippen LogP contribution in [0.2, 0.25) is 0 Å². The maximum atomic E-state index is 12.2. The fourth-order valence-corrected chi connectivity index (χ4v) is 2.43. The molecule has 1 unspecified atom stereocenters. The average molecular weight is 301 g/mol. The lowest BCUT2D eigenvalue weighted by Gasteiger charge is -2.28. The van der Waals surface area contributed by atoms with Gasteiger partial charge in [-0.3, -0.25) is 4.79 Å². The van der Waals surface area contributed by atoms with E-state index < -0.39 is 24.1 Å². The monoisotopic (exact) mass is 301 g/mol. The maximum Gasteiger partial charge on any atom is 0.326 e. The summed E-state index contributed by atoms with van der Waals surface area (Å²) in [5.41, 5.74) is 0. The van der Waals surface area contributed by atoms with Crippen LogP contribution in [-0.4, -0.2) is 88.2 Å². The van der Waals surface area contributed by atoms with Crippen LogP contribution in [-0.2, 0) is 9.59 Å². The number of aliphatic carboxylic acids is 1. The van der Waals surface area contributed by atoms with Gasteiger partial charge >= 0.3 is 12.0 Å². The molecule has 2 atom stereocenters. The zero-order chi connectivity index (χ0) is 16.2. The Kier molecular flexibility index (Phi) is 5.95. The van der Waals surface area contributed by atoms with Crippen LogP contribution in [0.1, 0.15) is 20.3 Å². The first-order valence-corrected chi connectivity index (χ1v) is 7.02. The number of aliphatic hydroxyl groups excluding tert-OH is 1. The smallest absolute Gasteiger partial charge is 0.326 e. The summed E-state index contributed by atoms with van der Waals surface area (Å²) in [5, 5.41) is 18.6. The summed E-state index contributed by atoms with van der Waals surface area (Å²) >= 11 is 0. The Bertz CT molecular complexity index is 411. The van der Waals surface area contributed by atoms with Crippen molar-refractivity contribution in [2.45, 2.75) is 32.4 Å². The Hall–Kier alpha value is -1.83. The summed E-state index contributed by atoms with van der Waals surface area (Å²) in [6.45, 7) is 4.66. The molecule has 21 heavy (non-hydrogen) atoms. The SMILES string of the molecule is CCN(CC)C(=O)CN(C)C(=O)N1CC(O)C[C@H]1C(=O)O. The third kappa shape index (κ3) is 4.07. The van der Waals surface area contributed by atoms with Crippen LogP contribution in [0, 0.1) is 0 Å². The summed E-state index contributed by atoms with van der Waals surface area (Å²) < 4.78 is 0. The molecule has 0 radical (unpaired) electrons. The highest BCUT2D eigenvalue weighted by molar-refractivity contribution is 5.87. The van der Waals surface area contributed by atoms with Crippen LogP contribution in [0.3, 0.4) is 0 Å². The third-order valence-corrected chi connectivity index (χ3v) is 3.62. The van der Waals surface area contributed by atoms with Crippen molar-refractivity contribution in [2.75, 3.05) is 33.2 Å². The number of carboxylic acids is 1. The van der Waals surface area contributed by atoms with E-state index in [1.54, 1.807) is 4.90 Å². The molecule has 0 aromatic heterocycles. The van der Waals surface area contributed by atoms with E-state index in [-0.39, 0.29) is 25.4 Å². The highest BCUT2D eigenvalue weighted by atomic mass is 16.4. The number of likely N-dealkylation sites (N-methyl/N-ethyl adjacent to an activating group) is 2. The number of nitrogens with zero attached hydrogens (tertiary/aromatic N) is 3. The van der Waals surface area contributed by atoms with Crippen LogP contribution in [0.25, 0.3) is 0 Å². The van der Waals surface area contributed by atoms with Crippen LogP contribution in [0.5, 0.6) is 0 Å². The van der Waals surface area contributed by atoms with Gasteiger partial charge in [-0.1, -0.05) is 0 Å². The Morgan fingerprint density at radius 2 is 1.81 bits per heavy atom. The van der Waals surface area contributed by atoms with E-state index in [4.69, 9.17) is 5.11 Å². The first-order valence-electron chi connectivity index (χ1n) is 7.02. The van der Waals surface area contributed by atoms with E-state index in [1.165, 1.54) is 11.9 Å². The molecule has 1 rings (SSSR count). The second-order valence-corrected chi connectivity index (χ2v) is 5.10. The number of likely N-dealkylation sites (tertiary alicyclic amines) is 1. The van der Waals surface area contributed by atoms with Gasteiger partial charge in [0.1, 0.15) is 12.6 Å². The molecule has 1 aliphatic heterocycles. The zero-order valence-electron chi connectivity index (χ0n) is 12.7. The van der Waals surface area contributed by atoms with E-state index in [0.717, 1.165) is 4.90 Å². The number of hydrogen-bond donors (Lipinski definition) is 2. The summed E-state index contributed by atoms with van der Waals surface area (Å²) in [6, 6.07) is -1.60. The predicted octanol–water partition coefficient (Wildman–Crippen LogP) is -0.574. The van der Waals surface area contributed by atoms with Gasteiger partial charge in [0, 0.05) is 33.1 Å². The van der Waals surface area contributed by atoms with E-state index in [0.29, 0.717) is 13.1 Å². The van der Waals surface area contributed by atoms with Crippen molar-refractivity contribution in [1.29, 1.82) is 0 Å². The van der Waals surface area contributed by atoms with Gasteiger partial charge in [0.2, 0.25) is 5.91 Å². The molecule has 1 aliphatic rings. The standard InChI is InChI=1S/C13H23N3O5/c1-4-15(5-2)11(18)8-14(3)13(21)16-7-9(17)6-10(16)12(19)20/h9-10,17H,4-8H2,1-3H3,(H,19,20)/t9?,10-/m0/s1. The molecule has 2 N–H and O–H groups in total. The number of hydrogen-bond acceptors (Lipinski definition) is 4. The summed E-state index contributed by atoms with van der Waals surface area (Å²) in [7, 11) is 1.45. The molecular formula is C13H23N3O5. The second-order valence-electron chi connectivity index (χ2n) is 5.10.